The number of halogens is 4. The molecule has 6 rings (SSSR count). The highest BCUT2D eigenvalue weighted by atomic mass is 35.5. The number of hydrazone groups is 1. The predicted molar refractivity (Wildman–Crippen MR) is 291 cm³/mol. The first-order valence-corrected chi connectivity index (χ1v) is 24.4. The van der Waals surface area contributed by atoms with Crippen molar-refractivity contribution in [3.8, 4) is 35.1 Å². The Bertz CT molecular complexity index is 3300. The van der Waals surface area contributed by atoms with Crippen LogP contribution in [0.3, 0.4) is 0 Å². The number of imide groups is 2. The van der Waals surface area contributed by atoms with Gasteiger partial charge >= 0.3 is 24.4 Å². The zero-order valence-corrected chi connectivity index (χ0v) is 46.3. The Morgan fingerprint density at radius 2 is 1.06 bits per heavy atom. The van der Waals surface area contributed by atoms with Crippen LogP contribution in [0.1, 0.15) is 72.9 Å². The number of hydrogen-bond donors (Lipinski definition) is 4. The normalized spacial score (nSPS) is 11.0. The molecule has 4 amide bonds. The number of carbonyl (C=O) groups excluding carboxylic acids is 6. The molecule has 77 heavy (non-hydrogen) atoms. The molecule has 6 aromatic rings. The molecule has 0 unspecified atom stereocenters. The standard InChI is InChI=1S/C26H25Cl2N5O6.C20H20Cl2N2O3.C6H8N2O3/c1-6-37-24(35)30-23(34)20(12-29)32-31-15-9-18(27)22(19(28)10-15)38-16-7-8-21-17(11-16)14(2)13-33(21)25(36)39-26(3,4)5;1-11-10-24(19(25)27-20(2,3)4)17-6-5-13(9-14(11)17)26-18-15(21)7-12(23)8-16(18)22;1-2-11-6(10)8-5(9)3-4-7/h7-11,13,31H,6H2,1-5H3,(H,30,34,35);5-10H,23H2,1-4H3;2-3H2,1H3,(H,8,9,10)/b32-20-;;. The first-order valence-electron chi connectivity index (χ1n) is 22.9. The van der Waals surface area contributed by atoms with Crippen molar-refractivity contribution >= 4 is 121 Å². The lowest BCUT2D eigenvalue weighted by molar-refractivity contribution is -0.119. The van der Waals surface area contributed by atoms with Crippen molar-refractivity contribution in [3.05, 3.63) is 104 Å². The average Bonchev–Trinajstić information content (AvgIpc) is 3.84. The molecule has 2 heterocycles. The Labute approximate surface area is 462 Å². The SMILES string of the molecule is CCOC(=O)NC(=O)/C(C#N)=N\Nc1cc(Cl)c(Oc2ccc3c(c2)c(C)cn3C(=O)OC(C)(C)C)c(Cl)c1.CCOC(=O)NC(=O)CC#N.Cc1cn(C(=O)OC(C)(C)C)c2ccc(Oc3c(Cl)cc(N)cc3Cl)cc12. The van der Waals surface area contributed by atoms with Gasteiger partial charge in [0.25, 0.3) is 5.91 Å². The van der Waals surface area contributed by atoms with Crippen molar-refractivity contribution in [2.45, 2.75) is 86.9 Å². The molecule has 0 saturated carbocycles. The molecule has 0 fully saturated rings. The fraction of sp³-hybridized carbons (Fsp3) is 0.288. The first kappa shape index (κ1) is 61.3. The van der Waals surface area contributed by atoms with Crippen LogP contribution in [0, 0.1) is 36.5 Å². The minimum Gasteiger partial charge on any atom is -0.454 e. The van der Waals surface area contributed by atoms with Gasteiger partial charge in [-0.05, 0) is 141 Å². The summed E-state index contributed by atoms with van der Waals surface area (Å²) in [7, 11) is 0. The van der Waals surface area contributed by atoms with Crippen LogP contribution in [0.5, 0.6) is 23.0 Å². The summed E-state index contributed by atoms with van der Waals surface area (Å²) in [6, 6.07) is 19.7. The number of nitrogens with zero attached hydrogens (tertiary/aromatic N) is 5. The van der Waals surface area contributed by atoms with Gasteiger partial charge in [-0.15, -0.1) is 0 Å². The molecule has 406 valence electrons. The molecule has 0 radical (unpaired) electrons. The topological polar surface area (TPSA) is 290 Å². The number of hydrogen-bond acceptors (Lipinski definition) is 17. The van der Waals surface area contributed by atoms with E-state index in [0.29, 0.717) is 38.5 Å². The first-order chi connectivity index (χ1) is 36.1. The van der Waals surface area contributed by atoms with E-state index < -0.39 is 53.1 Å². The summed E-state index contributed by atoms with van der Waals surface area (Å²) in [6.45, 7) is 18.1. The second-order valence-electron chi connectivity index (χ2n) is 17.9. The van der Waals surface area contributed by atoms with E-state index in [-0.39, 0.29) is 41.1 Å². The summed E-state index contributed by atoms with van der Waals surface area (Å²) in [4.78, 5) is 69.4. The maximum atomic E-state index is 12.6. The highest BCUT2D eigenvalue weighted by Gasteiger charge is 2.23. The lowest BCUT2D eigenvalue weighted by atomic mass is 10.2. The van der Waals surface area contributed by atoms with E-state index in [1.807, 2.05) is 51.3 Å². The molecular formula is C52H53Cl4N9O12. The number of benzene rings is 4. The Kier molecular flexibility index (Phi) is 21.5. The molecule has 5 N–H and O–H groups in total. The van der Waals surface area contributed by atoms with E-state index in [1.54, 1.807) is 102 Å². The minimum atomic E-state index is -1.05. The van der Waals surface area contributed by atoms with Crippen molar-refractivity contribution in [3.63, 3.8) is 0 Å². The van der Waals surface area contributed by atoms with Crippen molar-refractivity contribution in [2.24, 2.45) is 5.10 Å². The number of nitrogen functional groups attached to an aromatic ring is 1. The molecule has 0 aliphatic carbocycles. The summed E-state index contributed by atoms with van der Waals surface area (Å²) in [6.07, 6.45) is 0.347. The van der Waals surface area contributed by atoms with Gasteiger partial charge in [-0.25, -0.2) is 19.2 Å². The molecule has 0 aliphatic heterocycles. The Morgan fingerprint density at radius 3 is 1.45 bits per heavy atom. The number of rotatable bonds is 10. The van der Waals surface area contributed by atoms with Crippen LogP contribution in [0.15, 0.2) is 78.2 Å². The number of aryl methyl sites for hydroxylation is 2. The van der Waals surface area contributed by atoms with E-state index in [1.165, 1.54) is 21.3 Å². The third-order valence-corrected chi connectivity index (χ3v) is 10.6. The number of ether oxygens (including phenoxy) is 6. The summed E-state index contributed by atoms with van der Waals surface area (Å²) >= 11 is 25.1. The monoisotopic (exact) mass is 1140 g/mol. The van der Waals surface area contributed by atoms with E-state index in [0.717, 1.165) is 27.4 Å². The quantitative estimate of drug-likeness (QED) is 0.0429. The van der Waals surface area contributed by atoms with Crippen molar-refractivity contribution < 1.29 is 57.2 Å². The van der Waals surface area contributed by atoms with E-state index in [9.17, 15) is 34.0 Å². The number of alkyl carbamates (subject to hydrolysis) is 2. The second kappa shape index (κ2) is 27.0. The number of carbonyl (C=O) groups is 6. The summed E-state index contributed by atoms with van der Waals surface area (Å²) < 4.78 is 34.6. The van der Waals surface area contributed by atoms with Gasteiger partial charge in [0.2, 0.25) is 11.6 Å². The fourth-order valence-electron chi connectivity index (χ4n) is 6.40. The van der Waals surface area contributed by atoms with Crippen molar-refractivity contribution in [1.29, 1.82) is 10.5 Å². The molecule has 0 saturated heterocycles. The van der Waals surface area contributed by atoms with Crippen LogP contribution >= 0.6 is 46.4 Å². The van der Waals surface area contributed by atoms with Crippen LogP contribution < -0.4 is 31.3 Å². The number of nitrogens with one attached hydrogen (secondary N) is 3. The zero-order valence-electron chi connectivity index (χ0n) is 43.3. The summed E-state index contributed by atoms with van der Waals surface area (Å²) in [5, 5.41) is 27.1. The van der Waals surface area contributed by atoms with E-state index in [4.69, 9.17) is 76.3 Å². The van der Waals surface area contributed by atoms with Crippen molar-refractivity contribution in [1.82, 2.24) is 19.8 Å². The van der Waals surface area contributed by atoms with Gasteiger partial charge in [-0.3, -0.25) is 34.8 Å². The Hall–Kier alpha value is -8.21. The Balaban J connectivity index is 0.000000290. The second-order valence-corrected chi connectivity index (χ2v) is 19.6. The third-order valence-electron chi connectivity index (χ3n) is 9.45. The molecule has 0 bridgehead atoms. The maximum Gasteiger partial charge on any atom is 0.418 e. The summed E-state index contributed by atoms with van der Waals surface area (Å²) in [5.74, 6) is -0.260. The van der Waals surface area contributed by atoms with Crippen LogP contribution in [-0.2, 0) is 28.5 Å². The van der Waals surface area contributed by atoms with Gasteiger partial charge in [0.1, 0.15) is 35.2 Å². The van der Waals surface area contributed by atoms with Crippen LogP contribution in [0.4, 0.5) is 30.6 Å². The van der Waals surface area contributed by atoms with Gasteiger partial charge in [-0.2, -0.15) is 15.6 Å². The highest BCUT2D eigenvalue weighted by Crippen LogP contribution is 2.41. The van der Waals surface area contributed by atoms with Gasteiger partial charge in [-0.1, -0.05) is 46.4 Å². The molecule has 21 nitrogen and oxygen atoms in total. The van der Waals surface area contributed by atoms with Gasteiger partial charge < -0.3 is 34.2 Å². The molecule has 0 aliphatic rings. The van der Waals surface area contributed by atoms with Crippen molar-refractivity contribution in [2.75, 3.05) is 24.4 Å². The molecule has 0 spiro atoms. The van der Waals surface area contributed by atoms with Gasteiger partial charge in [0.15, 0.2) is 11.5 Å². The van der Waals surface area contributed by atoms with Crippen LogP contribution in [0.2, 0.25) is 20.1 Å². The summed E-state index contributed by atoms with van der Waals surface area (Å²) in [5.41, 5.74) is 10.2. The molecule has 25 heteroatoms. The highest BCUT2D eigenvalue weighted by molar-refractivity contribution is 6.47. The molecular weight excluding hydrogens is 1080 g/mol. The smallest absolute Gasteiger partial charge is 0.418 e. The third kappa shape index (κ3) is 18.0. The molecule has 4 aromatic carbocycles. The van der Waals surface area contributed by atoms with Gasteiger partial charge in [0, 0.05) is 28.9 Å². The Morgan fingerprint density at radius 1 is 0.649 bits per heavy atom. The number of nitrogens with two attached hydrogens (primary N) is 1. The molecule has 2 aromatic heterocycles. The van der Waals surface area contributed by atoms with E-state index in [2.05, 4.69) is 20.0 Å². The van der Waals surface area contributed by atoms with Gasteiger partial charge in [0.05, 0.1) is 56.1 Å². The fourth-order valence-corrected chi connectivity index (χ4v) is 7.54. The minimum absolute atomic E-state index is 0.0497. The van der Waals surface area contributed by atoms with E-state index >= 15 is 0 Å². The lowest BCUT2D eigenvalue weighted by Gasteiger charge is -2.19. The largest absolute Gasteiger partial charge is 0.454 e. The predicted octanol–water partition coefficient (Wildman–Crippen LogP) is 13.0. The number of aromatic nitrogens is 2. The molecule has 0 atom stereocenters. The lowest BCUT2D eigenvalue weighted by Crippen LogP contribution is -2.36. The van der Waals surface area contributed by atoms with Crippen LogP contribution in [-0.4, -0.2) is 75.4 Å². The maximum absolute atomic E-state index is 12.6. The average molecular weight is 1140 g/mol. The van der Waals surface area contributed by atoms with Crippen LogP contribution in [0.25, 0.3) is 21.8 Å². The zero-order chi connectivity index (χ0) is 57.5. The number of amides is 4. The number of nitriles is 2. The number of fused-ring (bicyclic) bond motifs is 2. The number of anilines is 2.